The summed E-state index contributed by atoms with van der Waals surface area (Å²) >= 11 is 0. The van der Waals surface area contributed by atoms with Gasteiger partial charge in [-0.15, -0.1) is 0 Å². The van der Waals surface area contributed by atoms with Crippen LogP contribution in [0.15, 0.2) is 48.5 Å². The molecule has 1 heterocycles. The molecule has 5 nitrogen and oxygen atoms in total. The third-order valence-corrected chi connectivity index (χ3v) is 4.88. The van der Waals surface area contributed by atoms with Crippen molar-refractivity contribution in [1.29, 1.82) is 0 Å². The van der Waals surface area contributed by atoms with Crippen LogP contribution >= 0.6 is 0 Å². The van der Waals surface area contributed by atoms with Gasteiger partial charge in [0.05, 0.1) is 0 Å². The van der Waals surface area contributed by atoms with Crippen molar-refractivity contribution in [2.75, 3.05) is 32.7 Å². The Morgan fingerprint density at radius 1 is 1.00 bits per heavy atom. The molecular formula is C21H24FN3O2. The van der Waals surface area contributed by atoms with Crippen LogP contribution in [-0.4, -0.2) is 54.3 Å². The van der Waals surface area contributed by atoms with Gasteiger partial charge in [0.1, 0.15) is 5.82 Å². The second-order valence-electron chi connectivity index (χ2n) is 6.58. The lowest BCUT2D eigenvalue weighted by atomic mass is 10.1. The van der Waals surface area contributed by atoms with Crippen LogP contribution in [0.5, 0.6) is 0 Å². The van der Waals surface area contributed by atoms with Crippen LogP contribution in [-0.2, 0) is 6.54 Å². The first-order valence-electron chi connectivity index (χ1n) is 9.21. The van der Waals surface area contributed by atoms with Crippen molar-refractivity contribution in [1.82, 2.24) is 15.1 Å². The summed E-state index contributed by atoms with van der Waals surface area (Å²) in [5, 5.41) is 2.70. The molecule has 2 aromatic rings. The number of nitrogens with one attached hydrogen (secondary N) is 1. The number of halogens is 1. The van der Waals surface area contributed by atoms with Crippen LogP contribution < -0.4 is 5.32 Å². The minimum atomic E-state index is -0.354. The standard InChI is InChI=1S/C21H24FN3O2/c1-2-24-10-12-25(13-11-24)21(27)17-8-5-7-16(14-17)20(26)23-15-18-6-3-4-9-19(18)22/h3-9,14H,2,10-13,15H2,1H3,(H,23,26). The summed E-state index contributed by atoms with van der Waals surface area (Å²) in [5.74, 6) is -0.744. The van der Waals surface area contributed by atoms with Crippen molar-refractivity contribution in [2.45, 2.75) is 13.5 Å². The van der Waals surface area contributed by atoms with Gasteiger partial charge in [0.25, 0.3) is 11.8 Å². The molecule has 0 aromatic heterocycles. The fourth-order valence-electron chi connectivity index (χ4n) is 3.16. The van der Waals surface area contributed by atoms with E-state index in [1.54, 1.807) is 42.5 Å². The number of likely N-dealkylation sites (N-methyl/N-ethyl adjacent to an activating group) is 1. The molecule has 27 heavy (non-hydrogen) atoms. The molecule has 0 bridgehead atoms. The largest absolute Gasteiger partial charge is 0.348 e. The van der Waals surface area contributed by atoms with E-state index in [1.165, 1.54) is 6.07 Å². The number of carbonyl (C=O) groups excluding carboxylic acids is 2. The maximum absolute atomic E-state index is 13.7. The Morgan fingerprint density at radius 2 is 1.70 bits per heavy atom. The molecule has 2 amide bonds. The van der Waals surface area contributed by atoms with E-state index in [1.807, 2.05) is 4.90 Å². The van der Waals surface area contributed by atoms with Gasteiger partial charge in [0.2, 0.25) is 0 Å². The number of amides is 2. The minimum absolute atomic E-state index is 0.0606. The number of hydrogen-bond acceptors (Lipinski definition) is 3. The number of piperazine rings is 1. The molecular weight excluding hydrogens is 345 g/mol. The van der Waals surface area contributed by atoms with Gasteiger partial charge in [-0.05, 0) is 30.8 Å². The molecule has 142 valence electrons. The smallest absolute Gasteiger partial charge is 0.253 e. The lowest BCUT2D eigenvalue weighted by Gasteiger charge is -2.34. The Hall–Kier alpha value is -2.73. The molecule has 0 aliphatic carbocycles. The first-order chi connectivity index (χ1) is 13.1. The van der Waals surface area contributed by atoms with E-state index in [9.17, 15) is 14.0 Å². The molecule has 6 heteroatoms. The number of carbonyl (C=O) groups is 2. The quantitative estimate of drug-likeness (QED) is 0.881. The first kappa shape index (κ1) is 19.0. The Bertz CT molecular complexity index is 817. The molecule has 0 radical (unpaired) electrons. The maximum Gasteiger partial charge on any atom is 0.253 e. The Kier molecular flexibility index (Phi) is 6.19. The third kappa shape index (κ3) is 4.71. The molecule has 0 saturated carbocycles. The maximum atomic E-state index is 13.7. The average Bonchev–Trinajstić information content (AvgIpc) is 2.72. The summed E-state index contributed by atoms with van der Waals surface area (Å²) in [7, 11) is 0. The van der Waals surface area contributed by atoms with Gasteiger partial charge in [-0.2, -0.15) is 0 Å². The van der Waals surface area contributed by atoms with E-state index >= 15 is 0 Å². The van der Waals surface area contributed by atoms with Gasteiger partial charge in [0.15, 0.2) is 0 Å². The van der Waals surface area contributed by atoms with E-state index in [4.69, 9.17) is 0 Å². The predicted octanol–water partition coefficient (Wildman–Crippen LogP) is 2.53. The van der Waals surface area contributed by atoms with Crippen molar-refractivity contribution < 1.29 is 14.0 Å². The van der Waals surface area contributed by atoms with Crippen LogP contribution in [0, 0.1) is 5.82 Å². The molecule has 2 aromatic carbocycles. The summed E-state index contributed by atoms with van der Waals surface area (Å²) in [6.45, 7) is 6.31. The molecule has 1 aliphatic rings. The molecule has 0 unspecified atom stereocenters. The summed E-state index contributed by atoms with van der Waals surface area (Å²) in [4.78, 5) is 29.2. The third-order valence-electron chi connectivity index (χ3n) is 4.88. The zero-order chi connectivity index (χ0) is 19.2. The van der Waals surface area contributed by atoms with Crippen molar-refractivity contribution in [3.05, 3.63) is 71.0 Å². The highest BCUT2D eigenvalue weighted by Gasteiger charge is 2.22. The number of rotatable bonds is 5. The van der Waals surface area contributed by atoms with Crippen LogP contribution in [0.1, 0.15) is 33.2 Å². The van der Waals surface area contributed by atoms with Gasteiger partial charge in [-0.3, -0.25) is 9.59 Å². The Morgan fingerprint density at radius 3 is 2.41 bits per heavy atom. The molecule has 0 spiro atoms. The van der Waals surface area contributed by atoms with Crippen LogP contribution in [0.3, 0.4) is 0 Å². The topological polar surface area (TPSA) is 52.7 Å². The highest BCUT2D eigenvalue weighted by atomic mass is 19.1. The molecule has 3 rings (SSSR count). The van der Waals surface area contributed by atoms with Gasteiger partial charge >= 0.3 is 0 Å². The van der Waals surface area contributed by atoms with E-state index in [0.29, 0.717) is 29.8 Å². The van der Waals surface area contributed by atoms with Crippen molar-refractivity contribution in [3.8, 4) is 0 Å². The van der Waals surface area contributed by atoms with Gasteiger partial charge < -0.3 is 15.1 Å². The normalized spacial score (nSPS) is 14.8. The van der Waals surface area contributed by atoms with Gasteiger partial charge in [0, 0.05) is 49.4 Å². The summed E-state index contributed by atoms with van der Waals surface area (Å²) in [6, 6.07) is 13.0. The molecule has 1 saturated heterocycles. The number of nitrogens with zero attached hydrogens (tertiary/aromatic N) is 2. The minimum Gasteiger partial charge on any atom is -0.348 e. The summed E-state index contributed by atoms with van der Waals surface area (Å²) < 4.78 is 13.7. The van der Waals surface area contributed by atoms with Crippen molar-refractivity contribution >= 4 is 11.8 Å². The number of benzene rings is 2. The highest BCUT2D eigenvalue weighted by Crippen LogP contribution is 2.12. The molecule has 1 fully saturated rings. The van der Waals surface area contributed by atoms with E-state index in [-0.39, 0.29) is 24.2 Å². The van der Waals surface area contributed by atoms with E-state index < -0.39 is 0 Å². The molecule has 1 N–H and O–H groups in total. The molecule has 1 aliphatic heterocycles. The van der Waals surface area contributed by atoms with Gasteiger partial charge in [-0.25, -0.2) is 4.39 Å². The second-order valence-corrected chi connectivity index (χ2v) is 6.58. The van der Waals surface area contributed by atoms with Crippen LogP contribution in [0.2, 0.25) is 0 Å². The SMILES string of the molecule is CCN1CCN(C(=O)c2cccc(C(=O)NCc3ccccc3F)c2)CC1. The van der Waals surface area contributed by atoms with Crippen molar-refractivity contribution in [2.24, 2.45) is 0 Å². The lowest BCUT2D eigenvalue weighted by molar-refractivity contribution is 0.0643. The Labute approximate surface area is 158 Å². The Balaban J connectivity index is 1.63. The fraction of sp³-hybridized carbons (Fsp3) is 0.333. The summed E-state index contributed by atoms with van der Waals surface area (Å²) in [5.41, 5.74) is 1.31. The van der Waals surface area contributed by atoms with E-state index in [0.717, 1.165) is 19.6 Å². The van der Waals surface area contributed by atoms with Crippen LogP contribution in [0.25, 0.3) is 0 Å². The highest BCUT2D eigenvalue weighted by molar-refractivity contribution is 5.99. The molecule has 0 atom stereocenters. The summed E-state index contributed by atoms with van der Waals surface area (Å²) in [6.07, 6.45) is 0. The lowest BCUT2D eigenvalue weighted by Crippen LogP contribution is -2.48. The number of hydrogen-bond donors (Lipinski definition) is 1. The van der Waals surface area contributed by atoms with Crippen molar-refractivity contribution in [3.63, 3.8) is 0 Å². The monoisotopic (exact) mass is 369 g/mol. The second kappa shape index (κ2) is 8.77. The van der Waals surface area contributed by atoms with E-state index in [2.05, 4.69) is 17.1 Å². The van der Waals surface area contributed by atoms with Gasteiger partial charge in [-0.1, -0.05) is 31.2 Å². The zero-order valence-corrected chi connectivity index (χ0v) is 15.5. The predicted molar refractivity (Wildman–Crippen MR) is 102 cm³/mol. The zero-order valence-electron chi connectivity index (χ0n) is 15.5. The first-order valence-corrected chi connectivity index (χ1v) is 9.21. The average molecular weight is 369 g/mol. The fourth-order valence-corrected chi connectivity index (χ4v) is 3.16. The van der Waals surface area contributed by atoms with Crippen LogP contribution in [0.4, 0.5) is 4.39 Å².